The topological polar surface area (TPSA) is 79.0 Å². The van der Waals surface area contributed by atoms with Crippen LogP contribution in [0.2, 0.25) is 0 Å². The van der Waals surface area contributed by atoms with E-state index in [1.165, 1.54) is 5.56 Å². The van der Waals surface area contributed by atoms with E-state index in [0.29, 0.717) is 18.8 Å². The van der Waals surface area contributed by atoms with Crippen LogP contribution in [0.25, 0.3) is 0 Å². The average molecular weight is 376 g/mol. The second-order valence-corrected chi connectivity index (χ2v) is 7.16. The molecule has 0 fully saturated rings. The normalized spacial score (nSPS) is 13.1. The monoisotopic (exact) mass is 376 g/mol. The molecule has 0 saturated heterocycles. The summed E-state index contributed by atoms with van der Waals surface area (Å²) in [6, 6.07) is 13.9. The van der Waals surface area contributed by atoms with Gasteiger partial charge in [-0.05, 0) is 43.2 Å². The summed E-state index contributed by atoms with van der Waals surface area (Å²) in [5, 5.41) is 13.4. The lowest BCUT2D eigenvalue weighted by molar-refractivity contribution is 0.102. The number of aromatic amines is 1. The standard InChI is InChI=1S/C22H24N4O2/c1-14-4-3-5-16(10-14)13-28-17-6-7-19(15(2)11-17)24-22(27)21-18-12-23-9-8-20(18)25-26-21/h3-7,10-11,23H,8-9,12-13H2,1-2H3,(H,24,27)(H,25,26). The highest BCUT2D eigenvalue weighted by molar-refractivity contribution is 6.04. The molecular weight excluding hydrogens is 352 g/mol. The van der Waals surface area contributed by atoms with Gasteiger partial charge < -0.3 is 15.4 Å². The lowest BCUT2D eigenvalue weighted by Crippen LogP contribution is -2.25. The Kier molecular flexibility index (Phi) is 5.12. The van der Waals surface area contributed by atoms with E-state index in [-0.39, 0.29) is 5.91 Å². The maximum absolute atomic E-state index is 12.7. The van der Waals surface area contributed by atoms with Crippen molar-refractivity contribution < 1.29 is 9.53 Å². The van der Waals surface area contributed by atoms with E-state index >= 15 is 0 Å². The van der Waals surface area contributed by atoms with Gasteiger partial charge in [-0.25, -0.2) is 0 Å². The van der Waals surface area contributed by atoms with Crippen molar-refractivity contribution >= 4 is 11.6 Å². The van der Waals surface area contributed by atoms with Gasteiger partial charge in [-0.2, -0.15) is 5.10 Å². The summed E-state index contributed by atoms with van der Waals surface area (Å²) in [6.45, 7) is 6.10. The number of ether oxygens (including phenoxy) is 1. The summed E-state index contributed by atoms with van der Waals surface area (Å²) in [6.07, 6.45) is 0.863. The average Bonchev–Trinajstić information content (AvgIpc) is 3.12. The van der Waals surface area contributed by atoms with Gasteiger partial charge in [0.2, 0.25) is 0 Å². The van der Waals surface area contributed by atoms with Gasteiger partial charge in [-0.1, -0.05) is 29.8 Å². The summed E-state index contributed by atoms with van der Waals surface area (Å²) in [7, 11) is 0. The largest absolute Gasteiger partial charge is 0.489 e. The third-order valence-corrected chi connectivity index (χ3v) is 4.96. The molecule has 28 heavy (non-hydrogen) atoms. The first-order chi connectivity index (χ1) is 13.6. The molecule has 1 aliphatic rings. The van der Waals surface area contributed by atoms with Crippen molar-refractivity contribution in [1.29, 1.82) is 0 Å². The van der Waals surface area contributed by atoms with Gasteiger partial charge >= 0.3 is 0 Å². The first kappa shape index (κ1) is 18.3. The van der Waals surface area contributed by atoms with Crippen LogP contribution in [0, 0.1) is 13.8 Å². The van der Waals surface area contributed by atoms with Gasteiger partial charge in [0.15, 0.2) is 5.69 Å². The first-order valence-electron chi connectivity index (χ1n) is 9.47. The van der Waals surface area contributed by atoms with E-state index in [9.17, 15) is 4.79 Å². The highest BCUT2D eigenvalue weighted by Crippen LogP contribution is 2.24. The maximum Gasteiger partial charge on any atom is 0.276 e. The van der Waals surface area contributed by atoms with E-state index in [1.807, 2.05) is 37.3 Å². The van der Waals surface area contributed by atoms with Gasteiger partial charge in [0.1, 0.15) is 12.4 Å². The minimum atomic E-state index is -0.197. The number of nitrogens with one attached hydrogen (secondary N) is 3. The molecule has 6 heteroatoms. The zero-order valence-electron chi connectivity index (χ0n) is 16.1. The number of carbonyl (C=O) groups is 1. The van der Waals surface area contributed by atoms with E-state index in [4.69, 9.17) is 4.74 Å². The molecule has 144 valence electrons. The predicted octanol–water partition coefficient (Wildman–Crippen LogP) is 3.50. The number of carbonyl (C=O) groups excluding carboxylic acids is 1. The van der Waals surface area contributed by atoms with Crippen LogP contribution >= 0.6 is 0 Å². The number of hydrogen-bond donors (Lipinski definition) is 3. The number of benzene rings is 2. The Morgan fingerprint density at radius 2 is 2.11 bits per heavy atom. The van der Waals surface area contributed by atoms with E-state index in [1.54, 1.807) is 0 Å². The van der Waals surface area contributed by atoms with Crippen LogP contribution in [-0.2, 0) is 19.6 Å². The Morgan fingerprint density at radius 1 is 1.21 bits per heavy atom. The van der Waals surface area contributed by atoms with Crippen LogP contribution in [-0.4, -0.2) is 22.6 Å². The van der Waals surface area contributed by atoms with Crippen LogP contribution in [0.15, 0.2) is 42.5 Å². The highest BCUT2D eigenvalue weighted by Gasteiger charge is 2.21. The van der Waals surface area contributed by atoms with Crippen molar-refractivity contribution in [2.75, 3.05) is 11.9 Å². The molecular formula is C22H24N4O2. The predicted molar refractivity (Wildman–Crippen MR) is 109 cm³/mol. The molecule has 0 atom stereocenters. The van der Waals surface area contributed by atoms with E-state index in [2.05, 4.69) is 39.9 Å². The second-order valence-electron chi connectivity index (χ2n) is 7.16. The minimum absolute atomic E-state index is 0.197. The molecule has 1 amide bonds. The first-order valence-corrected chi connectivity index (χ1v) is 9.47. The number of anilines is 1. The fourth-order valence-electron chi connectivity index (χ4n) is 3.43. The van der Waals surface area contributed by atoms with Gasteiger partial charge in [-0.3, -0.25) is 9.89 Å². The molecule has 3 N–H and O–H groups in total. The lowest BCUT2D eigenvalue weighted by Gasteiger charge is -2.14. The van der Waals surface area contributed by atoms with Gasteiger partial charge in [0.05, 0.1) is 0 Å². The molecule has 0 unspecified atom stereocenters. The smallest absolute Gasteiger partial charge is 0.276 e. The van der Waals surface area contributed by atoms with E-state index in [0.717, 1.165) is 46.8 Å². The summed E-state index contributed by atoms with van der Waals surface area (Å²) < 4.78 is 5.90. The zero-order valence-corrected chi connectivity index (χ0v) is 16.1. The number of rotatable bonds is 5. The number of fused-ring (bicyclic) bond motifs is 1. The molecule has 0 radical (unpaired) electrons. The lowest BCUT2D eigenvalue weighted by atomic mass is 10.1. The molecule has 3 aromatic rings. The quantitative estimate of drug-likeness (QED) is 0.637. The Bertz CT molecular complexity index is 1010. The number of H-pyrrole nitrogens is 1. The van der Waals surface area contributed by atoms with Gasteiger partial charge in [0.25, 0.3) is 5.91 Å². The van der Waals surface area contributed by atoms with Crippen molar-refractivity contribution in [3.8, 4) is 5.75 Å². The molecule has 2 aromatic carbocycles. The molecule has 1 aromatic heterocycles. The van der Waals surface area contributed by atoms with Gasteiger partial charge in [-0.15, -0.1) is 0 Å². The maximum atomic E-state index is 12.7. The van der Waals surface area contributed by atoms with Crippen LogP contribution in [0.1, 0.15) is 38.4 Å². The fourth-order valence-corrected chi connectivity index (χ4v) is 3.43. The fraction of sp³-hybridized carbons (Fsp3) is 0.273. The minimum Gasteiger partial charge on any atom is -0.489 e. The molecule has 1 aliphatic heterocycles. The number of hydrogen-bond acceptors (Lipinski definition) is 4. The number of nitrogens with zero attached hydrogens (tertiary/aromatic N) is 1. The molecule has 6 nitrogen and oxygen atoms in total. The van der Waals surface area contributed by atoms with Crippen molar-refractivity contribution in [1.82, 2.24) is 15.5 Å². The Hall–Kier alpha value is -3.12. The highest BCUT2D eigenvalue weighted by atomic mass is 16.5. The number of aryl methyl sites for hydroxylation is 2. The molecule has 2 heterocycles. The number of aromatic nitrogens is 2. The molecule has 0 spiro atoms. The SMILES string of the molecule is Cc1cccc(COc2ccc(NC(=O)c3n[nH]c4c3CNCC4)c(C)c2)c1. The molecule has 4 rings (SSSR count). The van der Waals surface area contributed by atoms with Crippen LogP contribution in [0.3, 0.4) is 0 Å². The third-order valence-electron chi connectivity index (χ3n) is 4.96. The second kappa shape index (κ2) is 7.86. The Balaban J connectivity index is 1.43. The summed E-state index contributed by atoms with van der Waals surface area (Å²) in [5.74, 6) is 0.580. The summed E-state index contributed by atoms with van der Waals surface area (Å²) >= 11 is 0. The molecule has 0 bridgehead atoms. The Labute approximate surface area is 164 Å². The zero-order chi connectivity index (χ0) is 19.5. The number of amides is 1. The molecule has 0 saturated carbocycles. The van der Waals surface area contributed by atoms with Crippen molar-refractivity contribution in [2.45, 2.75) is 33.4 Å². The van der Waals surface area contributed by atoms with Crippen molar-refractivity contribution in [2.24, 2.45) is 0 Å². The van der Waals surface area contributed by atoms with Crippen LogP contribution in [0.5, 0.6) is 5.75 Å². The van der Waals surface area contributed by atoms with Gasteiger partial charge in [0, 0.05) is 36.5 Å². The summed E-state index contributed by atoms with van der Waals surface area (Å²) in [4.78, 5) is 12.7. The summed E-state index contributed by atoms with van der Waals surface area (Å²) in [5.41, 5.74) is 6.51. The van der Waals surface area contributed by atoms with E-state index < -0.39 is 0 Å². The van der Waals surface area contributed by atoms with Crippen molar-refractivity contribution in [3.63, 3.8) is 0 Å². The van der Waals surface area contributed by atoms with Crippen molar-refractivity contribution in [3.05, 3.63) is 76.1 Å². The molecule has 0 aliphatic carbocycles. The Morgan fingerprint density at radius 3 is 2.93 bits per heavy atom. The third kappa shape index (κ3) is 3.92. The van der Waals surface area contributed by atoms with Crippen LogP contribution < -0.4 is 15.4 Å². The van der Waals surface area contributed by atoms with Crippen LogP contribution in [0.4, 0.5) is 5.69 Å².